The molecule has 1 saturated carbocycles. The van der Waals surface area contributed by atoms with Gasteiger partial charge in [0, 0.05) is 57.6 Å². The zero-order valence-corrected chi connectivity index (χ0v) is 27.6. The Hall–Kier alpha value is -3.50. The summed E-state index contributed by atoms with van der Waals surface area (Å²) in [5.41, 5.74) is 2.09. The lowest BCUT2D eigenvalue weighted by molar-refractivity contribution is -0.838. The molecule has 3 heterocycles. The van der Waals surface area contributed by atoms with E-state index in [0.29, 0.717) is 18.5 Å². The maximum atomic E-state index is 15.1. The molecule has 1 aliphatic carbocycles. The first-order chi connectivity index (χ1) is 22.2. The summed E-state index contributed by atoms with van der Waals surface area (Å²) in [4.78, 5) is 36.5. The fourth-order valence-electron chi connectivity index (χ4n) is 7.90. The van der Waals surface area contributed by atoms with Crippen LogP contribution >= 0.6 is 0 Å². The van der Waals surface area contributed by atoms with E-state index >= 15 is 4.39 Å². The van der Waals surface area contributed by atoms with Crippen molar-refractivity contribution < 1.29 is 23.6 Å². The SMILES string of the molecule is CC(=O)NC1CC[NH+](c2ccc(F)cc2N2C(=O)NC(=NC3CCCCC3)C23CCN(Cc2cccc(OC(C)C)c2)CC3)CC1. The number of hydrogen-bond donors (Lipinski definition) is 3. The van der Waals surface area contributed by atoms with Gasteiger partial charge in [-0.1, -0.05) is 31.4 Å². The number of aliphatic imine (C=N–C) groups is 1. The number of amidine groups is 1. The van der Waals surface area contributed by atoms with Gasteiger partial charge in [-0.3, -0.25) is 24.9 Å². The minimum atomic E-state index is -0.663. The number of amides is 3. The minimum absolute atomic E-state index is 0.0145. The van der Waals surface area contributed by atoms with Gasteiger partial charge in [-0.15, -0.1) is 0 Å². The third-order valence-corrected chi connectivity index (χ3v) is 10.1. The van der Waals surface area contributed by atoms with Gasteiger partial charge in [0.2, 0.25) is 5.91 Å². The van der Waals surface area contributed by atoms with Gasteiger partial charge in [-0.25, -0.2) is 9.18 Å². The van der Waals surface area contributed by atoms with Crippen LogP contribution in [0.5, 0.6) is 5.75 Å². The summed E-state index contributed by atoms with van der Waals surface area (Å²) in [5.74, 6) is 1.26. The van der Waals surface area contributed by atoms with Gasteiger partial charge < -0.3 is 15.0 Å². The summed E-state index contributed by atoms with van der Waals surface area (Å²) < 4.78 is 21.0. The van der Waals surface area contributed by atoms with Gasteiger partial charge in [0.05, 0.1) is 25.2 Å². The van der Waals surface area contributed by atoms with Gasteiger partial charge in [-0.2, -0.15) is 0 Å². The number of benzene rings is 2. The van der Waals surface area contributed by atoms with E-state index in [-0.39, 0.29) is 35.9 Å². The number of anilines is 1. The molecule has 9 nitrogen and oxygen atoms in total. The highest BCUT2D eigenvalue weighted by molar-refractivity contribution is 6.19. The van der Waals surface area contributed by atoms with Crippen molar-refractivity contribution in [1.82, 2.24) is 15.5 Å². The first-order valence-electron chi connectivity index (χ1n) is 17.3. The van der Waals surface area contributed by atoms with Crippen LogP contribution in [0.1, 0.15) is 84.1 Å². The van der Waals surface area contributed by atoms with Crippen LogP contribution in [0, 0.1) is 5.82 Å². The van der Waals surface area contributed by atoms with Crippen molar-refractivity contribution in [3.8, 4) is 5.75 Å². The number of halogens is 1. The van der Waals surface area contributed by atoms with Crippen molar-refractivity contribution in [2.45, 2.75) is 109 Å². The average molecular weight is 634 g/mol. The van der Waals surface area contributed by atoms with Crippen LogP contribution in [-0.4, -0.2) is 72.6 Å². The van der Waals surface area contributed by atoms with Crippen molar-refractivity contribution in [3.05, 3.63) is 53.8 Å². The summed E-state index contributed by atoms with van der Waals surface area (Å²) >= 11 is 0. The number of urea groups is 1. The number of piperidine rings is 2. The van der Waals surface area contributed by atoms with Crippen molar-refractivity contribution >= 4 is 29.1 Å². The van der Waals surface area contributed by atoms with Crippen LogP contribution < -0.4 is 25.2 Å². The first kappa shape index (κ1) is 32.4. The molecule has 0 aromatic heterocycles. The molecule has 6 rings (SSSR count). The Balaban J connectivity index is 1.28. The van der Waals surface area contributed by atoms with Gasteiger partial charge in [-0.05, 0) is 63.3 Å². The Labute approximate surface area is 272 Å². The topological polar surface area (TPSA) is 90.7 Å². The van der Waals surface area contributed by atoms with E-state index in [1.165, 1.54) is 23.0 Å². The standard InChI is InChI=1S/C36H49FN6O3/c1-25(2)46-31-11-7-8-27(22-31)24-41-20-16-36(17-21-41)34(39-29-9-5-4-6-10-29)40-35(45)43(36)33-23-28(37)12-13-32(33)42-18-14-30(15-19-42)38-26(3)44/h7-8,11-13,22-23,25,29-30H,4-6,9-10,14-21,24H2,1-3H3,(H,38,44)(H,39,40,45)/p+1. The van der Waals surface area contributed by atoms with Gasteiger partial charge in [0.1, 0.15) is 28.6 Å². The Bertz CT molecular complexity index is 1420. The molecule has 248 valence electrons. The molecule has 4 fully saturated rings. The van der Waals surface area contributed by atoms with Crippen molar-refractivity contribution in [3.63, 3.8) is 0 Å². The Morgan fingerprint density at radius 2 is 1.83 bits per heavy atom. The lowest BCUT2D eigenvalue weighted by atomic mass is 9.84. The van der Waals surface area contributed by atoms with E-state index in [4.69, 9.17) is 9.73 Å². The number of nitrogens with zero attached hydrogens (tertiary/aromatic N) is 3. The highest BCUT2D eigenvalue weighted by atomic mass is 19.1. The summed E-state index contributed by atoms with van der Waals surface area (Å²) in [6.45, 7) is 9.56. The molecule has 3 amide bonds. The molecule has 2 aromatic rings. The molecular weight excluding hydrogens is 583 g/mol. The summed E-state index contributed by atoms with van der Waals surface area (Å²) in [6.07, 6.45) is 8.80. The predicted molar refractivity (Wildman–Crippen MR) is 178 cm³/mol. The summed E-state index contributed by atoms with van der Waals surface area (Å²) in [7, 11) is 0. The second kappa shape index (κ2) is 14.1. The van der Waals surface area contributed by atoms with Crippen LogP contribution in [0.15, 0.2) is 47.5 Å². The van der Waals surface area contributed by atoms with Gasteiger partial charge >= 0.3 is 6.03 Å². The highest BCUT2D eigenvalue weighted by Crippen LogP contribution is 2.41. The Kier molecular flexibility index (Phi) is 9.94. The molecule has 2 aromatic carbocycles. The fraction of sp³-hybridized carbons (Fsp3) is 0.583. The second-order valence-corrected chi connectivity index (χ2v) is 13.9. The molecule has 3 N–H and O–H groups in total. The number of nitrogens with one attached hydrogen (secondary N) is 3. The smallest absolute Gasteiger partial charge is 0.328 e. The van der Waals surface area contributed by atoms with Gasteiger partial charge in [0.25, 0.3) is 0 Å². The van der Waals surface area contributed by atoms with E-state index in [2.05, 4.69) is 27.7 Å². The number of rotatable bonds is 8. The molecule has 46 heavy (non-hydrogen) atoms. The number of quaternary nitrogens is 1. The molecule has 0 atom stereocenters. The maximum Gasteiger partial charge on any atom is 0.328 e. The van der Waals surface area contributed by atoms with E-state index in [1.54, 1.807) is 13.0 Å². The minimum Gasteiger partial charge on any atom is -0.491 e. The quantitative estimate of drug-likeness (QED) is 0.393. The maximum absolute atomic E-state index is 15.1. The normalized spacial score (nSPS) is 24.8. The monoisotopic (exact) mass is 633 g/mol. The van der Waals surface area contributed by atoms with Crippen molar-refractivity contribution in [2.75, 3.05) is 31.1 Å². The van der Waals surface area contributed by atoms with E-state index in [9.17, 15) is 9.59 Å². The van der Waals surface area contributed by atoms with E-state index in [1.807, 2.05) is 36.9 Å². The van der Waals surface area contributed by atoms with Crippen LogP contribution in [0.4, 0.5) is 20.6 Å². The second-order valence-electron chi connectivity index (χ2n) is 13.9. The zero-order chi connectivity index (χ0) is 32.3. The van der Waals surface area contributed by atoms with Crippen LogP contribution in [0.25, 0.3) is 0 Å². The molecule has 3 saturated heterocycles. The first-order valence-corrected chi connectivity index (χ1v) is 17.3. The molecule has 4 aliphatic rings. The molecule has 1 spiro atoms. The molecular formula is C36H50FN6O3+. The predicted octanol–water partition coefficient (Wildman–Crippen LogP) is 4.72. The third-order valence-electron chi connectivity index (χ3n) is 10.1. The fourth-order valence-corrected chi connectivity index (χ4v) is 7.90. The molecule has 3 aliphatic heterocycles. The Morgan fingerprint density at radius 1 is 1.09 bits per heavy atom. The van der Waals surface area contributed by atoms with Crippen LogP contribution in [0.2, 0.25) is 0 Å². The summed E-state index contributed by atoms with van der Waals surface area (Å²) in [5, 5.41) is 6.25. The largest absolute Gasteiger partial charge is 0.491 e. The zero-order valence-electron chi connectivity index (χ0n) is 27.6. The lowest BCUT2D eigenvalue weighted by Crippen LogP contribution is -3.09. The van der Waals surface area contributed by atoms with Crippen molar-refractivity contribution in [2.24, 2.45) is 4.99 Å². The number of carbonyl (C=O) groups is 2. The molecule has 0 radical (unpaired) electrons. The third kappa shape index (κ3) is 7.23. The number of hydrogen-bond acceptors (Lipinski definition) is 5. The highest BCUT2D eigenvalue weighted by Gasteiger charge is 2.54. The summed E-state index contributed by atoms with van der Waals surface area (Å²) in [6, 6.07) is 13.3. The van der Waals surface area contributed by atoms with E-state index in [0.717, 1.165) is 88.5 Å². The van der Waals surface area contributed by atoms with Crippen molar-refractivity contribution in [1.29, 1.82) is 0 Å². The Morgan fingerprint density at radius 3 is 2.52 bits per heavy atom. The number of likely N-dealkylation sites (tertiary alicyclic amines) is 1. The molecule has 10 heteroatoms. The molecule has 0 unspecified atom stereocenters. The number of carbonyl (C=O) groups excluding carboxylic acids is 2. The average Bonchev–Trinajstić information content (AvgIpc) is 3.28. The number of ether oxygens (including phenoxy) is 1. The van der Waals surface area contributed by atoms with E-state index < -0.39 is 5.54 Å². The van der Waals surface area contributed by atoms with Gasteiger partial charge in [0.15, 0.2) is 5.69 Å². The lowest BCUT2D eigenvalue weighted by Gasteiger charge is -2.44. The van der Waals surface area contributed by atoms with Crippen LogP contribution in [0.3, 0.4) is 0 Å². The van der Waals surface area contributed by atoms with Crippen LogP contribution in [-0.2, 0) is 11.3 Å². The molecule has 0 bridgehead atoms.